The monoisotopic (exact) mass is 247 g/mol. The van der Waals surface area contributed by atoms with Crippen molar-refractivity contribution in [2.24, 2.45) is 0 Å². The quantitative estimate of drug-likeness (QED) is 0.766. The molecule has 0 unspecified atom stereocenters. The lowest BCUT2D eigenvalue weighted by molar-refractivity contribution is -0.150. The summed E-state index contributed by atoms with van der Waals surface area (Å²) in [6.45, 7) is 4.27. The Balaban J connectivity index is 2.19. The van der Waals surface area contributed by atoms with Crippen LogP contribution < -0.4 is 0 Å². The van der Waals surface area contributed by atoms with Gasteiger partial charge in [-0.15, -0.1) is 0 Å². The highest BCUT2D eigenvalue weighted by molar-refractivity contribution is 5.77. The maximum atomic E-state index is 12.2. The SMILES string of the molecule is CCOC(=O)[C@@H](c1ccccc1)N1CCCCC1. The zero-order chi connectivity index (χ0) is 12.8. The topological polar surface area (TPSA) is 29.5 Å². The number of piperidine rings is 1. The van der Waals surface area contributed by atoms with Gasteiger partial charge in [0.2, 0.25) is 0 Å². The summed E-state index contributed by atoms with van der Waals surface area (Å²) < 4.78 is 5.23. The van der Waals surface area contributed by atoms with Crippen LogP contribution in [-0.4, -0.2) is 30.6 Å². The van der Waals surface area contributed by atoms with Crippen molar-refractivity contribution in [3.05, 3.63) is 35.9 Å². The van der Waals surface area contributed by atoms with E-state index in [0.29, 0.717) is 6.61 Å². The fourth-order valence-corrected chi connectivity index (χ4v) is 2.53. The Kier molecular flexibility index (Phi) is 4.76. The summed E-state index contributed by atoms with van der Waals surface area (Å²) in [5, 5.41) is 0. The Morgan fingerprint density at radius 1 is 1.22 bits per heavy atom. The van der Waals surface area contributed by atoms with Crippen molar-refractivity contribution in [1.82, 2.24) is 4.90 Å². The van der Waals surface area contributed by atoms with Crippen LogP contribution in [0.2, 0.25) is 0 Å². The number of hydrogen-bond donors (Lipinski definition) is 0. The molecule has 1 aromatic rings. The standard InChI is InChI=1S/C15H21NO2/c1-2-18-15(17)14(13-9-5-3-6-10-13)16-11-7-4-8-12-16/h3,5-6,9-10,14H,2,4,7-8,11-12H2,1H3/t14-/m1/s1. The molecule has 0 radical (unpaired) electrons. The average Bonchev–Trinajstić information content (AvgIpc) is 2.42. The highest BCUT2D eigenvalue weighted by atomic mass is 16.5. The summed E-state index contributed by atoms with van der Waals surface area (Å²) in [6.07, 6.45) is 3.60. The Labute approximate surface area is 109 Å². The highest BCUT2D eigenvalue weighted by Crippen LogP contribution is 2.25. The number of hydrogen-bond acceptors (Lipinski definition) is 3. The first-order valence-corrected chi connectivity index (χ1v) is 6.78. The fourth-order valence-electron chi connectivity index (χ4n) is 2.53. The van der Waals surface area contributed by atoms with Gasteiger partial charge in [-0.2, -0.15) is 0 Å². The number of esters is 1. The second-order valence-electron chi connectivity index (χ2n) is 4.66. The number of carbonyl (C=O) groups is 1. The number of benzene rings is 1. The minimum atomic E-state index is -0.230. The Morgan fingerprint density at radius 2 is 1.89 bits per heavy atom. The first kappa shape index (κ1) is 13.1. The van der Waals surface area contributed by atoms with Crippen LogP contribution in [0.15, 0.2) is 30.3 Å². The van der Waals surface area contributed by atoms with E-state index in [2.05, 4.69) is 4.90 Å². The molecule has 1 aliphatic rings. The molecule has 2 rings (SSSR count). The van der Waals surface area contributed by atoms with E-state index in [1.54, 1.807) is 0 Å². The van der Waals surface area contributed by atoms with Crippen LogP contribution in [0.25, 0.3) is 0 Å². The van der Waals surface area contributed by atoms with Gasteiger partial charge in [-0.25, -0.2) is 4.79 Å². The van der Waals surface area contributed by atoms with Gasteiger partial charge in [-0.1, -0.05) is 36.8 Å². The molecule has 1 fully saturated rings. The summed E-state index contributed by atoms with van der Waals surface area (Å²) in [5.41, 5.74) is 1.04. The number of likely N-dealkylation sites (tertiary alicyclic amines) is 1. The first-order chi connectivity index (χ1) is 8.83. The fraction of sp³-hybridized carbons (Fsp3) is 0.533. The van der Waals surface area contributed by atoms with Crippen LogP contribution in [-0.2, 0) is 9.53 Å². The first-order valence-electron chi connectivity index (χ1n) is 6.78. The molecule has 0 N–H and O–H groups in total. The smallest absolute Gasteiger partial charge is 0.327 e. The molecule has 0 bridgehead atoms. The van der Waals surface area contributed by atoms with Gasteiger partial charge in [-0.05, 0) is 38.4 Å². The van der Waals surface area contributed by atoms with Crippen molar-refractivity contribution in [1.29, 1.82) is 0 Å². The number of carbonyl (C=O) groups excluding carboxylic acids is 1. The normalized spacial score (nSPS) is 18.3. The third-order valence-electron chi connectivity index (χ3n) is 3.38. The molecule has 3 heteroatoms. The Bertz CT molecular complexity index is 371. The van der Waals surface area contributed by atoms with E-state index < -0.39 is 0 Å². The van der Waals surface area contributed by atoms with Gasteiger partial charge in [0.1, 0.15) is 6.04 Å². The molecule has 3 nitrogen and oxygen atoms in total. The lowest BCUT2D eigenvalue weighted by Crippen LogP contribution is -2.38. The van der Waals surface area contributed by atoms with Crippen LogP contribution in [0.5, 0.6) is 0 Å². The number of ether oxygens (including phenoxy) is 1. The molecular weight excluding hydrogens is 226 g/mol. The van der Waals surface area contributed by atoms with Crippen molar-refractivity contribution in [3.63, 3.8) is 0 Å². The molecule has 0 spiro atoms. The van der Waals surface area contributed by atoms with Gasteiger partial charge in [0, 0.05) is 0 Å². The lowest BCUT2D eigenvalue weighted by Gasteiger charge is -2.33. The van der Waals surface area contributed by atoms with Crippen LogP contribution in [0.4, 0.5) is 0 Å². The third-order valence-corrected chi connectivity index (χ3v) is 3.38. The molecule has 0 saturated carbocycles. The molecule has 1 heterocycles. The van der Waals surface area contributed by atoms with Gasteiger partial charge >= 0.3 is 5.97 Å². The number of nitrogens with zero attached hydrogens (tertiary/aromatic N) is 1. The second-order valence-corrected chi connectivity index (χ2v) is 4.66. The highest BCUT2D eigenvalue weighted by Gasteiger charge is 2.29. The third kappa shape index (κ3) is 3.10. The van der Waals surface area contributed by atoms with E-state index >= 15 is 0 Å². The van der Waals surface area contributed by atoms with Gasteiger partial charge in [-0.3, -0.25) is 4.90 Å². The van der Waals surface area contributed by atoms with Gasteiger partial charge < -0.3 is 4.74 Å². The number of rotatable bonds is 4. The average molecular weight is 247 g/mol. The van der Waals surface area contributed by atoms with E-state index in [9.17, 15) is 4.79 Å². The maximum Gasteiger partial charge on any atom is 0.327 e. The van der Waals surface area contributed by atoms with Crippen LogP contribution >= 0.6 is 0 Å². The van der Waals surface area contributed by atoms with Crippen LogP contribution in [0.3, 0.4) is 0 Å². The molecule has 1 aromatic carbocycles. The molecule has 0 aromatic heterocycles. The predicted octanol–water partition coefficient (Wildman–Crippen LogP) is 2.78. The molecule has 1 atom stereocenters. The van der Waals surface area contributed by atoms with Gasteiger partial charge in [0.15, 0.2) is 0 Å². The van der Waals surface area contributed by atoms with Crippen molar-refractivity contribution < 1.29 is 9.53 Å². The summed E-state index contributed by atoms with van der Waals surface area (Å²) >= 11 is 0. The summed E-state index contributed by atoms with van der Waals surface area (Å²) in [7, 11) is 0. The molecule has 0 aliphatic carbocycles. The Hall–Kier alpha value is -1.35. The molecule has 18 heavy (non-hydrogen) atoms. The van der Waals surface area contributed by atoms with Gasteiger partial charge in [0.05, 0.1) is 6.61 Å². The second kappa shape index (κ2) is 6.55. The van der Waals surface area contributed by atoms with E-state index in [1.807, 2.05) is 37.3 Å². The molecule has 1 saturated heterocycles. The van der Waals surface area contributed by atoms with Crippen LogP contribution in [0.1, 0.15) is 37.8 Å². The van der Waals surface area contributed by atoms with Crippen LogP contribution in [0, 0.1) is 0 Å². The van der Waals surface area contributed by atoms with E-state index in [1.165, 1.54) is 19.3 Å². The predicted molar refractivity (Wildman–Crippen MR) is 71.2 cm³/mol. The van der Waals surface area contributed by atoms with Crippen molar-refractivity contribution in [3.8, 4) is 0 Å². The summed E-state index contributed by atoms with van der Waals surface area (Å²) in [5.74, 6) is -0.120. The van der Waals surface area contributed by atoms with Crippen molar-refractivity contribution >= 4 is 5.97 Å². The van der Waals surface area contributed by atoms with Gasteiger partial charge in [0.25, 0.3) is 0 Å². The molecule has 1 aliphatic heterocycles. The minimum absolute atomic E-state index is 0.120. The van der Waals surface area contributed by atoms with E-state index in [0.717, 1.165) is 18.7 Å². The Morgan fingerprint density at radius 3 is 2.50 bits per heavy atom. The largest absolute Gasteiger partial charge is 0.465 e. The minimum Gasteiger partial charge on any atom is -0.465 e. The lowest BCUT2D eigenvalue weighted by atomic mass is 10.0. The zero-order valence-electron chi connectivity index (χ0n) is 11.0. The molecular formula is C15H21NO2. The van der Waals surface area contributed by atoms with Crippen molar-refractivity contribution in [2.45, 2.75) is 32.2 Å². The summed E-state index contributed by atoms with van der Waals surface area (Å²) in [4.78, 5) is 14.4. The zero-order valence-corrected chi connectivity index (χ0v) is 11.0. The molecule has 98 valence electrons. The molecule has 0 amide bonds. The maximum absolute atomic E-state index is 12.2. The van der Waals surface area contributed by atoms with E-state index in [-0.39, 0.29) is 12.0 Å². The van der Waals surface area contributed by atoms with E-state index in [4.69, 9.17) is 4.74 Å². The van der Waals surface area contributed by atoms with Crippen molar-refractivity contribution in [2.75, 3.05) is 19.7 Å². The summed E-state index contributed by atoms with van der Waals surface area (Å²) in [6, 6.07) is 9.72.